The topological polar surface area (TPSA) is 30.3 Å². The van der Waals surface area contributed by atoms with Crippen LogP contribution in [0, 0.1) is 0 Å². The number of aryl methyl sites for hydroxylation is 1. The number of unbranched alkanes of at least 4 members (excludes halogenated alkanes) is 1. The van der Waals surface area contributed by atoms with Gasteiger partial charge in [0.2, 0.25) is 0 Å². The number of aromatic nitrogens is 2. The molecule has 0 saturated heterocycles. The van der Waals surface area contributed by atoms with Crippen molar-refractivity contribution in [3.05, 3.63) is 60.7 Å². The third kappa shape index (κ3) is 4.21. The van der Waals surface area contributed by atoms with Crippen LogP contribution in [0.15, 0.2) is 55.1 Å². The second kappa shape index (κ2) is 7.80. The van der Waals surface area contributed by atoms with E-state index in [0.29, 0.717) is 0 Å². The number of hydrogen-bond donors (Lipinski definition) is 0. The van der Waals surface area contributed by atoms with Crippen LogP contribution in [0.2, 0.25) is 0 Å². The van der Waals surface area contributed by atoms with Crippen molar-refractivity contribution in [3.8, 4) is 5.75 Å². The molecule has 0 fully saturated rings. The smallest absolute Gasteiger partial charge is 0.123 e. The highest BCUT2D eigenvalue weighted by Gasteiger charge is 2.10. The summed E-state index contributed by atoms with van der Waals surface area (Å²) in [7, 11) is 0. The van der Waals surface area contributed by atoms with Crippen molar-refractivity contribution in [1.29, 1.82) is 0 Å². The van der Waals surface area contributed by atoms with Gasteiger partial charge >= 0.3 is 0 Å². The molecule has 0 spiro atoms. The Labute approximate surface area is 132 Å². The van der Waals surface area contributed by atoms with Crippen LogP contribution in [0.3, 0.4) is 0 Å². The molecular weight excluding hydrogens is 274 g/mol. The minimum absolute atomic E-state index is 0.768. The fraction of sp³-hybridized carbons (Fsp3) is 0.389. The average molecular weight is 297 g/mol. The number of ether oxygens (including phenoxy) is 1. The van der Waals surface area contributed by atoms with Crippen molar-refractivity contribution < 1.29 is 4.74 Å². The van der Waals surface area contributed by atoms with E-state index < -0.39 is 0 Å². The fourth-order valence-corrected chi connectivity index (χ4v) is 2.66. The third-order valence-electron chi connectivity index (χ3n) is 3.89. The number of benzene rings is 1. The summed E-state index contributed by atoms with van der Waals surface area (Å²) in [5.41, 5.74) is 1.28. The van der Waals surface area contributed by atoms with Gasteiger partial charge in [0.1, 0.15) is 5.75 Å². The van der Waals surface area contributed by atoms with E-state index in [1.165, 1.54) is 5.56 Å². The average Bonchev–Trinajstić information content (AvgIpc) is 3.22. The molecule has 1 aliphatic heterocycles. The Morgan fingerprint density at radius 3 is 2.77 bits per heavy atom. The highest BCUT2D eigenvalue weighted by Crippen LogP contribution is 2.21. The molecule has 1 aromatic carbocycles. The monoisotopic (exact) mass is 297 g/mol. The Morgan fingerprint density at radius 2 is 1.95 bits per heavy atom. The van der Waals surface area contributed by atoms with Gasteiger partial charge in [-0.2, -0.15) is 0 Å². The summed E-state index contributed by atoms with van der Waals surface area (Å²) in [6, 6.07) is 8.38. The van der Waals surface area contributed by atoms with Crippen molar-refractivity contribution in [1.82, 2.24) is 14.5 Å². The Balaban J connectivity index is 1.43. The molecule has 0 N–H and O–H groups in total. The standard InChI is InChI=1S/C18H23N3O/c1-2-8-18(17(7-1)15-20-10-3-4-11-20)22-14-6-5-12-21-13-9-19-16-21/h1-4,7-9,13,16H,5-6,10-12,14-15H2. The maximum absolute atomic E-state index is 5.99. The van der Waals surface area contributed by atoms with Gasteiger partial charge in [0, 0.05) is 44.1 Å². The van der Waals surface area contributed by atoms with Crippen LogP contribution in [0.25, 0.3) is 0 Å². The van der Waals surface area contributed by atoms with Gasteiger partial charge in [-0.25, -0.2) is 4.98 Å². The van der Waals surface area contributed by atoms with Crippen molar-refractivity contribution in [3.63, 3.8) is 0 Å². The predicted octanol–water partition coefficient (Wildman–Crippen LogP) is 3.11. The zero-order valence-corrected chi connectivity index (χ0v) is 12.9. The van der Waals surface area contributed by atoms with Crippen LogP contribution in [0.4, 0.5) is 0 Å². The molecule has 0 aliphatic carbocycles. The first-order valence-electron chi connectivity index (χ1n) is 7.95. The van der Waals surface area contributed by atoms with Crippen LogP contribution in [-0.4, -0.2) is 34.1 Å². The van der Waals surface area contributed by atoms with Gasteiger partial charge in [0.25, 0.3) is 0 Å². The van der Waals surface area contributed by atoms with Gasteiger partial charge in [-0.15, -0.1) is 0 Å². The molecule has 0 amide bonds. The Kier molecular flexibility index (Phi) is 5.27. The first-order chi connectivity index (χ1) is 10.9. The van der Waals surface area contributed by atoms with Crippen LogP contribution in [-0.2, 0) is 13.1 Å². The van der Waals surface area contributed by atoms with Crippen molar-refractivity contribution in [2.45, 2.75) is 25.9 Å². The van der Waals surface area contributed by atoms with Gasteiger partial charge in [0.05, 0.1) is 12.9 Å². The lowest BCUT2D eigenvalue weighted by atomic mass is 10.2. The third-order valence-corrected chi connectivity index (χ3v) is 3.89. The van der Waals surface area contributed by atoms with Crippen molar-refractivity contribution >= 4 is 0 Å². The van der Waals surface area contributed by atoms with E-state index in [1.54, 1.807) is 0 Å². The lowest BCUT2D eigenvalue weighted by Crippen LogP contribution is -2.19. The highest BCUT2D eigenvalue weighted by atomic mass is 16.5. The highest BCUT2D eigenvalue weighted by molar-refractivity contribution is 5.33. The molecule has 0 saturated carbocycles. The van der Waals surface area contributed by atoms with Crippen LogP contribution in [0.1, 0.15) is 18.4 Å². The molecule has 0 radical (unpaired) electrons. The fourth-order valence-electron chi connectivity index (χ4n) is 2.66. The molecule has 4 nitrogen and oxygen atoms in total. The number of hydrogen-bond acceptors (Lipinski definition) is 3. The molecule has 22 heavy (non-hydrogen) atoms. The Morgan fingerprint density at radius 1 is 1.09 bits per heavy atom. The number of para-hydroxylation sites is 1. The summed E-state index contributed by atoms with van der Waals surface area (Å²) < 4.78 is 8.10. The summed E-state index contributed by atoms with van der Waals surface area (Å²) in [5.74, 6) is 1.03. The first kappa shape index (κ1) is 14.9. The minimum Gasteiger partial charge on any atom is -0.493 e. The molecule has 1 aromatic heterocycles. The molecule has 116 valence electrons. The van der Waals surface area contributed by atoms with Crippen molar-refractivity contribution in [2.75, 3.05) is 19.7 Å². The largest absolute Gasteiger partial charge is 0.493 e. The van der Waals surface area contributed by atoms with E-state index in [9.17, 15) is 0 Å². The summed E-state index contributed by atoms with van der Waals surface area (Å²) in [6.45, 7) is 4.81. The maximum atomic E-state index is 5.99. The zero-order chi connectivity index (χ0) is 15.0. The summed E-state index contributed by atoms with van der Waals surface area (Å²) in [6.07, 6.45) is 12.3. The maximum Gasteiger partial charge on any atom is 0.123 e. The number of imidazole rings is 1. The summed E-state index contributed by atoms with van der Waals surface area (Å²) in [5, 5.41) is 0. The quantitative estimate of drug-likeness (QED) is 0.554. The Hall–Kier alpha value is -2.07. The minimum atomic E-state index is 0.768. The summed E-state index contributed by atoms with van der Waals surface area (Å²) >= 11 is 0. The van der Waals surface area contributed by atoms with Crippen LogP contribution >= 0.6 is 0 Å². The molecule has 0 atom stereocenters. The van der Waals surface area contributed by atoms with Gasteiger partial charge in [-0.3, -0.25) is 4.90 Å². The van der Waals surface area contributed by atoms with E-state index in [1.807, 2.05) is 24.8 Å². The lowest BCUT2D eigenvalue weighted by Gasteiger charge is -2.17. The SMILES string of the molecule is C1=CCN(Cc2ccccc2OCCCCn2ccnc2)C1. The molecule has 3 rings (SSSR count). The van der Waals surface area contributed by atoms with Gasteiger partial charge in [0.15, 0.2) is 0 Å². The van der Waals surface area contributed by atoms with Crippen LogP contribution in [0.5, 0.6) is 5.75 Å². The second-order valence-electron chi connectivity index (χ2n) is 5.63. The van der Waals surface area contributed by atoms with E-state index in [2.05, 4.69) is 44.8 Å². The lowest BCUT2D eigenvalue weighted by molar-refractivity contribution is 0.288. The van der Waals surface area contributed by atoms with E-state index >= 15 is 0 Å². The first-order valence-corrected chi connectivity index (χ1v) is 7.95. The van der Waals surface area contributed by atoms with Gasteiger partial charge < -0.3 is 9.30 Å². The molecule has 2 heterocycles. The van der Waals surface area contributed by atoms with Crippen molar-refractivity contribution in [2.24, 2.45) is 0 Å². The van der Waals surface area contributed by atoms with E-state index in [0.717, 1.165) is 51.4 Å². The normalized spacial score (nSPS) is 14.5. The molecule has 1 aliphatic rings. The molecule has 4 heteroatoms. The molecule has 2 aromatic rings. The summed E-state index contributed by atoms with van der Waals surface area (Å²) in [4.78, 5) is 6.46. The predicted molar refractivity (Wildman–Crippen MR) is 87.8 cm³/mol. The molecule has 0 unspecified atom stereocenters. The Bertz CT molecular complexity index is 584. The zero-order valence-electron chi connectivity index (χ0n) is 12.9. The number of rotatable bonds is 8. The molecular formula is C18H23N3O. The van der Waals surface area contributed by atoms with E-state index in [4.69, 9.17) is 4.74 Å². The number of nitrogens with zero attached hydrogens (tertiary/aromatic N) is 3. The second-order valence-corrected chi connectivity index (χ2v) is 5.63. The van der Waals surface area contributed by atoms with Gasteiger partial charge in [-0.05, 0) is 18.9 Å². The van der Waals surface area contributed by atoms with Gasteiger partial charge in [-0.1, -0.05) is 30.4 Å². The van der Waals surface area contributed by atoms with Crippen LogP contribution < -0.4 is 4.74 Å². The molecule has 0 bridgehead atoms. The van der Waals surface area contributed by atoms with E-state index in [-0.39, 0.29) is 0 Å².